The van der Waals surface area contributed by atoms with E-state index < -0.39 is 24.5 Å². The molecule has 0 radical (unpaired) electrons. The van der Waals surface area contributed by atoms with Gasteiger partial charge in [0.25, 0.3) is 0 Å². The van der Waals surface area contributed by atoms with E-state index in [9.17, 15) is 17.6 Å². The van der Waals surface area contributed by atoms with Crippen LogP contribution >= 0.6 is 11.6 Å². The number of nitrogens with two attached hydrogens (primary N) is 1. The molecule has 0 aromatic heterocycles. The third-order valence-electron chi connectivity index (χ3n) is 1.83. The lowest BCUT2D eigenvalue weighted by Gasteiger charge is -2.15. The molecule has 1 rings (SSSR count). The van der Waals surface area contributed by atoms with Crippen LogP contribution in [0.25, 0.3) is 0 Å². The largest absolute Gasteiger partial charge is 0.390 e. The molecule has 1 nitrogen and oxygen atoms in total. The fourth-order valence-corrected chi connectivity index (χ4v) is 1.35. The minimum Gasteiger partial charge on any atom is -0.324 e. The first-order valence-corrected chi connectivity index (χ1v) is 4.45. The molecule has 15 heavy (non-hydrogen) atoms. The van der Waals surface area contributed by atoms with Gasteiger partial charge in [-0.25, -0.2) is 4.39 Å². The lowest BCUT2D eigenvalue weighted by Crippen LogP contribution is -2.21. The molecule has 0 aliphatic rings. The Hall–Kier alpha value is -0.810. The van der Waals surface area contributed by atoms with Crippen LogP contribution in [0.4, 0.5) is 17.6 Å². The second-order valence-electron chi connectivity index (χ2n) is 3.07. The summed E-state index contributed by atoms with van der Waals surface area (Å²) in [5, 5.41) is -0.231. The summed E-state index contributed by atoms with van der Waals surface area (Å²) in [6.07, 6.45) is -5.70. The molecule has 0 spiro atoms. The van der Waals surface area contributed by atoms with Crippen LogP contribution in [0.15, 0.2) is 18.2 Å². The van der Waals surface area contributed by atoms with Crippen LogP contribution in [0.3, 0.4) is 0 Å². The van der Waals surface area contributed by atoms with Crippen LogP contribution in [-0.2, 0) is 0 Å². The fourth-order valence-electron chi connectivity index (χ4n) is 1.17. The van der Waals surface area contributed by atoms with Gasteiger partial charge in [-0.2, -0.15) is 13.2 Å². The molecule has 0 saturated heterocycles. The van der Waals surface area contributed by atoms with E-state index in [4.69, 9.17) is 17.3 Å². The molecule has 1 atom stereocenters. The minimum atomic E-state index is -4.42. The second-order valence-corrected chi connectivity index (χ2v) is 3.48. The van der Waals surface area contributed by atoms with Crippen molar-refractivity contribution >= 4 is 11.6 Å². The van der Waals surface area contributed by atoms with Crippen molar-refractivity contribution < 1.29 is 17.6 Å². The van der Waals surface area contributed by atoms with Crippen molar-refractivity contribution in [2.45, 2.75) is 18.6 Å². The van der Waals surface area contributed by atoms with Crippen LogP contribution in [-0.4, -0.2) is 6.18 Å². The second kappa shape index (κ2) is 4.37. The monoisotopic (exact) mass is 241 g/mol. The van der Waals surface area contributed by atoms with Gasteiger partial charge < -0.3 is 5.73 Å². The zero-order valence-corrected chi connectivity index (χ0v) is 8.24. The summed E-state index contributed by atoms with van der Waals surface area (Å²) in [6.45, 7) is 0. The Bertz CT molecular complexity index is 350. The molecule has 84 valence electrons. The lowest BCUT2D eigenvalue weighted by atomic mass is 10.0. The number of benzene rings is 1. The summed E-state index contributed by atoms with van der Waals surface area (Å²) < 4.78 is 49.2. The van der Waals surface area contributed by atoms with Gasteiger partial charge in [-0.3, -0.25) is 0 Å². The Morgan fingerprint density at radius 3 is 2.47 bits per heavy atom. The highest BCUT2D eigenvalue weighted by atomic mass is 35.5. The molecular weight excluding hydrogens is 234 g/mol. The highest BCUT2D eigenvalue weighted by Crippen LogP contribution is 2.30. The summed E-state index contributed by atoms with van der Waals surface area (Å²) in [5.41, 5.74) is 5.01. The average molecular weight is 242 g/mol. The van der Waals surface area contributed by atoms with E-state index in [1.165, 1.54) is 18.2 Å². The van der Waals surface area contributed by atoms with Crippen LogP contribution in [0.1, 0.15) is 18.0 Å². The van der Waals surface area contributed by atoms with Crippen LogP contribution < -0.4 is 5.73 Å². The van der Waals surface area contributed by atoms with Crippen LogP contribution in [0, 0.1) is 5.82 Å². The molecule has 2 N–H and O–H groups in total. The van der Waals surface area contributed by atoms with E-state index in [2.05, 4.69) is 0 Å². The van der Waals surface area contributed by atoms with Crippen molar-refractivity contribution in [3.05, 3.63) is 34.6 Å². The van der Waals surface area contributed by atoms with E-state index in [0.717, 1.165) is 0 Å². The van der Waals surface area contributed by atoms with Crippen molar-refractivity contribution in [1.29, 1.82) is 0 Å². The van der Waals surface area contributed by atoms with Gasteiger partial charge in [-0.05, 0) is 6.07 Å². The summed E-state index contributed by atoms with van der Waals surface area (Å²) in [7, 11) is 0. The summed E-state index contributed by atoms with van der Waals surface area (Å²) in [6, 6.07) is 2.37. The number of rotatable bonds is 2. The number of hydrogen-bond donors (Lipinski definition) is 1. The van der Waals surface area contributed by atoms with Gasteiger partial charge in [0, 0.05) is 11.6 Å². The Kier molecular flexibility index (Phi) is 3.57. The predicted molar refractivity (Wildman–Crippen MR) is 49.0 cm³/mol. The number of halogens is 5. The molecule has 1 aromatic rings. The minimum absolute atomic E-state index is 0.222. The van der Waals surface area contributed by atoms with Crippen molar-refractivity contribution in [2.75, 3.05) is 0 Å². The highest BCUT2D eigenvalue weighted by molar-refractivity contribution is 6.30. The molecule has 1 aromatic carbocycles. The summed E-state index contributed by atoms with van der Waals surface area (Å²) in [5.74, 6) is -0.893. The molecule has 0 amide bonds. The standard InChI is InChI=1S/C9H8ClF4N/c10-6-3-1-2-5(8(6)11)7(15)4-9(12,13)14/h1-3,7H,4,15H2/t7-/m0/s1. The molecule has 0 bridgehead atoms. The first kappa shape index (κ1) is 12.3. The van der Waals surface area contributed by atoms with E-state index in [1.54, 1.807) is 0 Å². The summed E-state index contributed by atoms with van der Waals surface area (Å²) >= 11 is 5.42. The maximum atomic E-state index is 13.2. The quantitative estimate of drug-likeness (QED) is 0.789. The van der Waals surface area contributed by atoms with Gasteiger partial charge in [-0.1, -0.05) is 23.7 Å². The maximum absolute atomic E-state index is 13.2. The Morgan fingerprint density at radius 1 is 1.33 bits per heavy atom. The van der Waals surface area contributed by atoms with Crippen LogP contribution in [0.2, 0.25) is 5.02 Å². The highest BCUT2D eigenvalue weighted by Gasteiger charge is 2.32. The SMILES string of the molecule is N[C@@H](CC(F)(F)F)c1cccc(Cl)c1F. The lowest BCUT2D eigenvalue weighted by molar-refractivity contribution is -0.138. The number of hydrogen-bond acceptors (Lipinski definition) is 1. The first-order valence-electron chi connectivity index (χ1n) is 4.07. The molecule has 0 heterocycles. The molecule has 0 fully saturated rings. The average Bonchev–Trinajstić information content (AvgIpc) is 2.06. The van der Waals surface area contributed by atoms with Gasteiger partial charge in [0.15, 0.2) is 0 Å². The van der Waals surface area contributed by atoms with Crippen molar-refractivity contribution in [2.24, 2.45) is 5.73 Å². The normalized spacial score (nSPS) is 14.0. The fraction of sp³-hybridized carbons (Fsp3) is 0.333. The van der Waals surface area contributed by atoms with E-state index in [-0.39, 0.29) is 10.6 Å². The Morgan fingerprint density at radius 2 is 1.93 bits per heavy atom. The molecular formula is C9H8ClF4N. The first-order chi connectivity index (χ1) is 6.81. The van der Waals surface area contributed by atoms with Gasteiger partial charge in [0.1, 0.15) is 5.82 Å². The van der Waals surface area contributed by atoms with Gasteiger partial charge in [0.05, 0.1) is 11.4 Å². The number of alkyl halides is 3. The third-order valence-corrected chi connectivity index (χ3v) is 2.12. The van der Waals surface area contributed by atoms with E-state index >= 15 is 0 Å². The van der Waals surface area contributed by atoms with Crippen LogP contribution in [0.5, 0.6) is 0 Å². The van der Waals surface area contributed by atoms with Gasteiger partial charge in [-0.15, -0.1) is 0 Å². The summed E-state index contributed by atoms with van der Waals surface area (Å²) in [4.78, 5) is 0. The zero-order valence-electron chi connectivity index (χ0n) is 7.48. The zero-order chi connectivity index (χ0) is 11.6. The van der Waals surface area contributed by atoms with E-state index in [1.807, 2.05) is 0 Å². The van der Waals surface area contributed by atoms with E-state index in [0.29, 0.717) is 0 Å². The third kappa shape index (κ3) is 3.35. The predicted octanol–water partition coefficient (Wildman–Crippen LogP) is 3.43. The van der Waals surface area contributed by atoms with Gasteiger partial charge >= 0.3 is 6.18 Å². The van der Waals surface area contributed by atoms with Crippen molar-refractivity contribution in [1.82, 2.24) is 0 Å². The maximum Gasteiger partial charge on any atom is 0.390 e. The molecule has 0 aliphatic carbocycles. The molecule has 0 saturated carbocycles. The van der Waals surface area contributed by atoms with Crippen molar-refractivity contribution in [3.63, 3.8) is 0 Å². The van der Waals surface area contributed by atoms with Gasteiger partial charge in [0.2, 0.25) is 0 Å². The topological polar surface area (TPSA) is 26.0 Å². The smallest absolute Gasteiger partial charge is 0.324 e. The Labute approximate surface area is 88.8 Å². The Balaban J connectivity index is 2.92. The molecule has 6 heteroatoms. The van der Waals surface area contributed by atoms with Crippen molar-refractivity contribution in [3.8, 4) is 0 Å². The molecule has 0 unspecified atom stereocenters. The molecule has 0 aliphatic heterocycles.